The van der Waals surface area contributed by atoms with Crippen LogP contribution in [0.25, 0.3) is 0 Å². The molecular formula is C25H40O3. The Kier molecular flexibility index (Phi) is 5.13. The molecule has 1 aliphatic heterocycles. The van der Waals surface area contributed by atoms with E-state index in [4.69, 9.17) is 4.74 Å². The molecule has 3 fully saturated rings. The van der Waals surface area contributed by atoms with E-state index in [0.29, 0.717) is 18.9 Å². The van der Waals surface area contributed by atoms with Crippen molar-refractivity contribution in [2.45, 2.75) is 91.0 Å². The minimum Gasteiger partial charge on any atom is -0.390 e. The molecule has 4 aliphatic rings. The van der Waals surface area contributed by atoms with Gasteiger partial charge in [-0.05, 0) is 94.0 Å². The van der Waals surface area contributed by atoms with Crippen LogP contribution in [0.2, 0.25) is 0 Å². The van der Waals surface area contributed by atoms with E-state index < -0.39 is 11.4 Å². The van der Waals surface area contributed by atoms with E-state index in [0.717, 1.165) is 24.7 Å². The first-order valence-electron chi connectivity index (χ1n) is 11.5. The van der Waals surface area contributed by atoms with Crippen molar-refractivity contribution in [1.82, 2.24) is 0 Å². The van der Waals surface area contributed by atoms with Gasteiger partial charge >= 0.3 is 0 Å². The lowest BCUT2D eigenvalue weighted by molar-refractivity contribution is -0.191. The number of allylic oxidation sites excluding steroid dienone is 3. The second-order valence-electron chi connectivity index (χ2n) is 11.3. The van der Waals surface area contributed by atoms with Gasteiger partial charge in [-0.15, -0.1) is 0 Å². The molecule has 0 spiro atoms. The smallest absolute Gasteiger partial charge is 0.175 e. The lowest BCUT2D eigenvalue weighted by Crippen LogP contribution is -2.40. The molecule has 0 aromatic rings. The molecule has 3 nitrogen and oxygen atoms in total. The first-order valence-corrected chi connectivity index (χ1v) is 11.5. The molecule has 0 unspecified atom stereocenters. The Morgan fingerprint density at radius 2 is 2.04 bits per heavy atom. The maximum atomic E-state index is 11.2. The second kappa shape index (κ2) is 6.96. The fraction of sp³-hybridized carbons (Fsp3) is 0.840. The van der Waals surface area contributed by atoms with Crippen LogP contribution in [0, 0.1) is 35.0 Å². The van der Waals surface area contributed by atoms with Crippen molar-refractivity contribution in [3.8, 4) is 0 Å². The zero-order chi connectivity index (χ0) is 20.3. The standard InChI is InChI=1S/C25H40O3/c1-16(2)7-6-8-17(3)19-11-12-23(4)13-21-22-18(9-10-20(19)23)14-28-25(22,27)15-24(21,5)26/h7,9,17,19-22,26-27H,6,8,10-15H2,1-5H3/b18-9-/t17-,19+,20-,21-,22+,23+,24+,25-/m0/s1. The van der Waals surface area contributed by atoms with E-state index in [2.05, 4.69) is 39.8 Å². The molecule has 28 heavy (non-hydrogen) atoms. The highest BCUT2D eigenvalue weighted by atomic mass is 16.6. The zero-order valence-electron chi connectivity index (χ0n) is 18.5. The highest BCUT2D eigenvalue weighted by molar-refractivity contribution is 5.26. The van der Waals surface area contributed by atoms with Gasteiger partial charge in [0, 0.05) is 12.3 Å². The van der Waals surface area contributed by atoms with E-state index in [1.54, 1.807) is 0 Å². The molecule has 4 rings (SSSR count). The third-order valence-corrected chi connectivity index (χ3v) is 8.87. The molecule has 1 heterocycles. The normalized spacial score (nSPS) is 50.2. The van der Waals surface area contributed by atoms with E-state index in [-0.39, 0.29) is 17.3 Å². The molecule has 3 aliphatic carbocycles. The Balaban J connectivity index is 1.59. The van der Waals surface area contributed by atoms with E-state index in [9.17, 15) is 10.2 Å². The van der Waals surface area contributed by atoms with Crippen LogP contribution >= 0.6 is 0 Å². The molecule has 8 atom stereocenters. The summed E-state index contributed by atoms with van der Waals surface area (Å²) in [5.74, 6) is 1.09. The number of ether oxygens (including phenoxy) is 1. The maximum absolute atomic E-state index is 11.2. The van der Waals surface area contributed by atoms with E-state index >= 15 is 0 Å². The third-order valence-electron chi connectivity index (χ3n) is 8.87. The highest BCUT2D eigenvalue weighted by Gasteiger charge is 2.65. The summed E-state index contributed by atoms with van der Waals surface area (Å²) in [6.45, 7) is 11.7. The average Bonchev–Trinajstić information content (AvgIpc) is 3.11. The van der Waals surface area contributed by atoms with Gasteiger partial charge in [0.1, 0.15) is 0 Å². The van der Waals surface area contributed by atoms with Crippen molar-refractivity contribution in [3.05, 3.63) is 23.3 Å². The second-order valence-corrected chi connectivity index (χ2v) is 11.3. The minimum absolute atomic E-state index is 0.0191. The SMILES string of the molecule is CC(C)=CCC[C@H](C)[C@H]1CC[C@]2(C)C[C@H]3[C@H]4/C(=C\C[C@@H]12)CO[C@@]4(O)C[C@@]3(C)O. The van der Waals surface area contributed by atoms with Crippen LogP contribution in [-0.4, -0.2) is 28.2 Å². The summed E-state index contributed by atoms with van der Waals surface area (Å²) < 4.78 is 5.85. The Hall–Kier alpha value is -0.640. The summed E-state index contributed by atoms with van der Waals surface area (Å²) in [6.07, 6.45) is 12.2. The van der Waals surface area contributed by atoms with Crippen LogP contribution in [0.3, 0.4) is 0 Å². The van der Waals surface area contributed by atoms with Gasteiger partial charge in [-0.25, -0.2) is 0 Å². The molecule has 3 heteroatoms. The fourth-order valence-corrected chi connectivity index (χ4v) is 7.36. The molecule has 0 amide bonds. The van der Waals surface area contributed by atoms with Crippen molar-refractivity contribution in [3.63, 3.8) is 0 Å². The summed E-state index contributed by atoms with van der Waals surface area (Å²) in [6, 6.07) is 0. The van der Waals surface area contributed by atoms with Crippen LogP contribution in [0.4, 0.5) is 0 Å². The third kappa shape index (κ3) is 3.32. The number of hydrogen-bond acceptors (Lipinski definition) is 3. The van der Waals surface area contributed by atoms with Crippen LogP contribution in [0.1, 0.15) is 79.6 Å². The fourth-order valence-electron chi connectivity index (χ4n) is 7.36. The summed E-state index contributed by atoms with van der Waals surface area (Å²) in [5, 5.41) is 22.3. The Morgan fingerprint density at radius 1 is 1.29 bits per heavy atom. The molecule has 2 saturated carbocycles. The summed E-state index contributed by atoms with van der Waals surface area (Å²) in [4.78, 5) is 0. The maximum Gasteiger partial charge on any atom is 0.175 e. The van der Waals surface area contributed by atoms with E-state index in [1.807, 2.05) is 6.92 Å². The first kappa shape index (κ1) is 20.6. The molecule has 0 aromatic carbocycles. The number of aliphatic hydroxyl groups is 2. The van der Waals surface area contributed by atoms with E-state index in [1.165, 1.54) is 36.8 Å². The quantitative estimate of drug-likeness (QED) is 0.649. The van der Waals surface area contributed by atoms with Crippen LogP contribution < -0.4 is 0 Å². The molecule has 158 valence electrons. The Morgan fingerprint density at radius 3 is 2.75 bits per heavy atom. The minimum atomic E-state index is -1.15. The molecule has 1 saturated heterocycles. The number of fused-ring (bicyclic) bond motifs is 1. The van der Waals surface area contributed by atoms with Gasteiger partial charge in [0.2, 0.25) is 0 Å². The summed E-state index contributed by atoms with van der Waals surface area (Å²) in [7, 11) is 0. The van der Waals surface area contributed by atoms with Gasteiger partial charge in [-0.2, -0.15) is 0 Å². The van der Waals surface area contributed by atoms with Crippen molar-refractivity contribution >= 4 is 0 Å². The molecule has 2 N–H and O–H groups in total. The molecule has 0 bridgehead atoms. The van der Waals surface area contributed by atoms with Gasteiger partial charge in [0.25, 0.3) is 0 Å². The van der Waals surface area contributed by atoms with Crippen molar-refractivity contribution in [1.29, 1.82) is 0 Å². The van der Waals surface area contributed by atoms with Gasteiger partial charge in [0.05, 0.1) is 12.2 Å². The summed E-state index contributed by atoms with van der Waals surface area (Å²) in [5.41, 5.74) is 2.06. The Bertz CT molecular complexity index is 673. The zero-order valence-corrected chi connectivity index (χ0v) is 18.5. The molecule has 0 radical (unpaired) electrons. The number of hydrogen-bond donors (Lipinski definition) is 2. The lowest BCUT2D eigenvalue weighted by Gasteiger charge is -2.43. The average molecular weight is 389 g/mol. The topological polar surface area (TPSA) is 49.7 Å². The molecule has 0 aromatic heterocycles. The predicted molar refractivity (Wildman–Crippen MR) is 113 cm³/mol. The largest absolute Gasteiger partial charge is 0.390 e. The lowest BCUT2D eigenvalue weighted by atomic mass is 9.62. The number of rotatable bonds is 4. The van der Waals surface area contributed by atoms with Crippen molar-refractivity contribution in [2.24, 2.45) is 35.0 Å². The van der Waals surface area contributed by atoms with Crippen LogP contribution in [0.15, 0.2) is 23.3 Å². The molecular weight excluding hydrogens is 348 g/mol. The van der Waals surface area contributed by atoms with Gasteiger partial charge in [0.15, 0.2) is 5.79 Å². The Labute approximate surface area is 171 Å². The highest BCUT2D eigenvalue weighted by Crippen LogP contribution is 2.63. The van der Waals surface area contributed by atoms with Gasteiger partial charge in [-0.3, -0.25) is 0 Å². The van der Waals surface area contributed by atoms with Crippen LogP contribution in [0.5, 0.6) is 0 Å². The predicted octanol–water partition coefficient (Wildman–Crippen LogP) is 5.23. The monoisotopic (exact) mass is 388 g/mol. The van der Waals surface area contributed by atoms with Gasteiger partial charge in [-0.1, -0.05) is 31.6 Å². The first-order chi connectivity index (χ1) is 13.1. The van der Waals surface area contributed by atoms with Crippen LogP contribution in [-0.2, 0) is 4.74 Å². The summed E-state index contributed by atoms with van der Waals surface area (Å²) >= 11 is 0. The van der Waals surface area contributed by atoms with Crippen molar-refractivity contribution < 1.29 is 14.9 Å². The van der Waals surface area contributed by atoms with Gasteiger partial charge < -0.3 is 14.9 Å². The van der Waals surface area contributed by atoms with Crippen molar-refractivity contribution in [2.75, 3.05) is 6.61 Å².